The van der Waals surface area contributed by atoms with Crippen molar-refractivity contribution in [3.8, 4) is 0 Å². The summed E-state index contributed by atoms with van der Waals surface area (Å²) in [6, 6.07) is 0. The highest BCUT2D eigenvalue weighted by molar-refractivity contribution is 5.77. The normalized spacial score (nSPS) is 24.6. The Hall–Kier alpha value is -0.610. The molecule has 4 heteroatoms. The van der Waals surface area contributed by atoms with Crippen molar-refractivity contribution < 1.29 is 4.79 Å². The molecule has 1 rings (SSSR count). The third kappa shape index (κ3) is 2.46. The van der Waals surface area contributed by atoms with Crippen LogP contribution in [-0.2, 0) is 4.79 Å². The molecule has 1 unspecified atom stereocenters. The fraction of sp³-hybridized carbons (Fsp3) is 0.875. The number of nitrogens with zero attached hydrogens (tertiary/aromatic N) is 1. The minimum absolute atomic E-state index is 0.0851. The van der Waals surface area contributed by atoms with Gasteiger partial charge in [0.05, 0.1) is 5.92 Å². The SMILES string of the molecule is CNCCN1CCC(C(N)=O)C1. The second kappa shape index (κ2) is 4.42. The first-order valence-corrected chi connectivity index (χ1v) is 4.40. The summed E-state index contributed by atoms with van der Waals surface area (Å²) in [5, 5.41) is 3.08. The number of nitrogens with one attached hydrogen (secondary N) is 1. The summed E-state index contributed by atoms with van der Waals surface area (Å²) >= 11 is 0. The highest BCUT2D eigenvalue weighted by Gasteiger charge is 2.25. The van der Waals surface area contributed by atoms with Crippen molar-refractivity contribution in [3.05, 3.63) is 0 Å². The predicted molar refractivity (Wildman–Crippen MR) is 47.7 cm³/mol. The molecule has 0 aromatic carbocycles. The molecule has 0 spiro atoms. The van der Waals surface area contributed by atoms with Crippen molar-refractivity contribution in [2.75, 3.05) is 33.2 Å². The molecule has 1 fully saturated rings. The Bertz CT molecular complexity index is 160. The van der Waals surface area contributed by atoms with Crippen LogP contribution < -0.4 is 11.1 Å². The molecular formula is C8H17N3O. The van der Waals surface area contributed by atoms with Gasteiger partial charge < -0.3 is 16.0 Å². The summed E-state index contributed by atoms with van der Waals surface area (Å²) in [7, 11) is 1.93. The Labute approximate surface area is 73.1 Å². The maximum atomic E-state index is 10.8. The van der Waals surface area contributed by atoms with Crippen LogP contribution in [0.1, 0.15) is 6.42 Å². The molecule has 1 heterocycles. The minimum Gasteiger partial charge on any atom is -0.369 e. The average molecular weight is 171 g/mol. The fourth-order valence-electron chi connectivity index (χ4n) is 1.54. The Morgan fingerprint density at radius 2 is 2.50 bits per heavy atom. The van der Waals surface area contributed by atoms with Crippen LogP contribution in [0.15, 0.2) is 0 Å². The lowest BCUT2D eigenvalue weighted by molar-refractivity contribution is -0.121. The van der Waals surface area contributed by atoms with Gasteiger partial charge in [-0.25, -0.2) is 0 Å². The topological polar surface area (TPSA) is 58.4 Å². The first-order chi connectivity index (χ1) is 5.74. The zero-order chi connectivity index (χ0) is 8.97. The zero-order valence-corrected chi connectivity index (χ0v) is 7.55. The molecule has 1 amide bonds. The first-order valence-electron chi connectivity index (χ1n) is 4.40. The quantitative estimate of drug-likeness (QED) is 0.571. The van der Waals surface area contributed by atoms with Crippen LogP contribution in [0.5, 0.6) is 0 Å². The second-order valence-electron chi connectivity index (χ2n) is 3.29. The Morgan fingerprint density at radius 1 is 1.75 bits per heavy atom. The van der Waals surface area contributed by atoms with Crippen LogP contribution in [0.25, 0.3) is 0 Å². The number of carbonyl (C=O) groups is 1. The molecule has 1 atom stereocenters. The van der Waals surface area contributed by atoms with E-state index in [1.165, 1.54) is 0 Å². The number of amides is 1. The number of nitrogens with two attached hydrogens (primary N) is 1. The number of carbonyl (C=O) groups excluding carboxylic acids is 1. The van der Waals surface area contributed by atoms with Crippen molar-refractivity contribution in [2.24, 2.45) is 11.7 Å². The van der Waals surface area contributed by atoms with Crippen LogP contribution in [0.3, 0.4) is 0 Å². The van der Waals surface area contributed by atoms with Gasteiger partial charge in [-0.05, 0) is 20.0 Å². The monoisotopic (exact) mass is 171 g/mol. The maximum Gasteiger partial charge on any atom is 0.221 e. The van der Waals surface area contributed by atoms with E-state index in [0.717, 1.165) is 32.6 Å². The third-order valence-electron chi connectivity index (χ3n) is 2.35. The van der Waals surface area contributed by atoms with Gasteiger partial charge in [-0.2, -0.15) is 0 Å². The van der Waals surface area contributed by atoms with Crippen molar-refractivity contribution in [3.63, 3.8) is 0 Å². The number of primary amides is 1. The van der Waals surface area contributed by atoms with Crippen LogP contribution in [0.2, 0.25) is 0 Å². The Morgan fingerprint density at radius 3 is 3.00 bits per heavy atom. The average Bonchev–Trinajstić information content (AvgIpc) is 2.48. The molecular weight excluding hydrogens is 154 g/mol. The van der Waals surface area contributed by atoms with Gasteiger partial charge >= 0.3 is 0 Å². The van der Waals surface area contributed by atoms with E-state index < -0.39 is 0 Å². The molecule has 0 aliphatic carbocycles. The number of hydrogen-bond acceptors (Lipinski definition) is 3. The summed E-state index contributed by atoms with van der Waals surface area (Å²) < 4.78 is 0. The van der Waals surface area contributed by atoms with Gasteiger partial charge in [0.25, 0.3) is 0 Å². The van der Waals surface area contributed by atoms with Crippen LogP contribution in [-0.4, -0.2) is 44.0 Å². The summed E-state index contributed by atoms with van der Waals surface area (Å²) in [4.78, 5) is 13.1. The highest BCUT2D eigenvalue weighted by atomic mass is 16.1. The van der Waals surface area contributed by atoms with Crippen molar-refractivity contribution in [1.29, 1.82) is 0 Å². The van der Waals surface area contributed by atoms with E-state index in [4.69, 9.17) is 5.73 Å². The number of likely N-dealkylation sites (tertiary alicyclic amines) is 1. The molecule has 1 saturated heterocycles. The molecule has 1 aliphatic heterocycles. The lowest BCUT2D eigenvalue weighted by atomic mass is 10.1. The number of likely N-dealkylation sites (N-methyl/N-ethyl adjacent to an activating group) is 1. The molecule has 12 heavy (non-hydrogen) atoms. The van der Waals surface area contributed by atoms with Crippen LogP contribution >= 0.6 is 0 Å². The predicted octanol–water partition coefficient (Wildman–Crippen LogP) is -0.987. The van der Waals surface area contributed by atoms with Gasteiger partial charge in [-0.3, -0.25) is 4.79 Å². The van der Waals surface area contributed by atoms with Gasteiger partial charge in [0.1, 0.15) is 0 Å². The fourth-order valence-corrected chi connectivity index (χ4v) is 1.54. The van der Waals surface area contributed by atoms with E-state index in [-0.39, 0.29) is 11.8 Å². The molecule has 3 N–H and O–H groups in total. The summed E-state index contributed by atoms with van der Waals surface area (Å²) in [5.74, 6) is -0.0659. The Balaban J connectivity index is 2.21. The second-order valence-corrected chi connectivity index (χ2v) is 3.29. The van der Waals surface area contributed by atoms with Crippen LogP contribution in [0, 0.1) is 5.92 Å². The van der Waals surface area contributed by atoms with E-state index in [9.17, 15) is 4.79 Å². The largest absolute Gasteiger partial charge is 0.369 e. The minimum atomic E-state index is -0.151. The van der Waals surface area contributed by atoms with Gasteiger partial charge in [0.2, 0.25) is 5.91 Å². The van der Waals surface area contributed by atoms with Gasteiger partial charge in [0, 0.05) is 19.6 Å². The van der Waals surface area contributed by atoms with Gasteiger partial charge in [0.15, 0.2) is 0 Å². The zero-order valence-electron chi connectivity index (χ0n) is 7.55. The van der Waals surface area contributed by atoms with E-state index in [2.05, 4.69) is 10.2 Å². The molecule has 0 aromatic heterocycles. The molecule has 70 valence electrons. The smallest absolute Gasteiger partial charge is 0.221 e. The lowest BCUT2D eigenvalue weighted by Gasteiger charge is -2.14. The van der Waals surface area contributed by atoms with Crippen molar-refractivity contribution in [2.45, 2.75) is 6.42 Å². The van der Waals surface area contributed by atoms with Crippen molar-refractivity contribution in [1.82, 2.24) is 10.2 Å². The van der Waals surface area contributed by atoms with E-state index >= 15 is 0 Å². The molecule has 4 nitrogen and oxygen atoms in total. The van der Waals surface area contributed by atoms with Gasteiger partial charge in [-0.1, -0.05) is 0 Å². The summed E-state index contributed by atoms with van der Waals surface area (Å²) in [6.45, 7) is 3.85. The molecule has 0 aromatic rings. The third-order valence-corrected chi connectivity index (χ3v) is 2.35. The number of hydrogen-bond donors (Lipinski definition) is 2. The Kier molecular flexibility index (Phi) is 3.49. The lowest BCUT2D eigenvalue weighted by Crippen LogP contribution is -2.31. The standard InChI is InChI=1S/C8H17N3O/c1-10-3-5-11-4-2-7(6-11)8(9)12/h7,10H,2-6H2,1H3,(H2,9,12). The summed E-state index contributed by atoms with van der Waals surface area (Å²) in [5.41, 5.74) is 5.21. The van der Waals surface area contributed by atoms with E-state index in [0.29, 0.717) is 0 Å². The van der Waals surface area contributed by atoms with Crippen LogP contribution in [0.4, 0.5) is 0 Å². The molecule has 1 aliphatic rings. The highest BCUT2D eigenvalue weighted by Crippen LogP contribution is 2.14. The maximum absolute atomic E-state index is 10.8. The van der Waals surface area contributed by atoms with E-state index in [1.54, 1.807) is 0 Å². The first kappa shape index (κ1) is 9.48. The van der Waals surface area contributed by atoms with Gasteiger partial charge in [-0.15, -0.1) is 0 Å². The molecule has 0 bridgehead atoms. The molecule has 0 radical (unpaired) electrons. The molecule has 0 saturated carbocycles. The van der Waals surface area contributed by atoms with E-state index in [1.807, 2.05) is 7.05 Å². The van der Waals surface area contributed by atoms with Crippen molar-refractivity contribution >= 4 is 5.91 Å². The summed E-state index contributed by atoms with van der Waals surface area (Å²) in [6.07, 6.45) is 0.930. The number of rotatable bonds is 4.